The number of rotatable bonds is 6. The van der Waals surface area contributed by atoms with Crippen molar-refractivity contribution < 1.29 is 22.4 Å². The van der Waals surface area contributed by atoms with Gasteiger partial charge in [-0.2, -0.15) is 0 Å². The molecule has 0 spiro atoms. The fourth-order valence-electron chi connectivity index (χ4n) is 1.91. The molecule has 0 aliphatic carbocycles. The van der Waals surface area contributed by atoms with Gasteiger partial charge in [0.25, 0.3) is 0 Å². The smallest absolute Gasteiger partial charge is 0.309 e. The molecule has 8 nitrogen and oxygen atoms in total. The van der Waals surface area contributed by atoms with Crippen LogP contribution in [-0.2, 0) is 32.6 Å². The maximum atomic E-state index is 11.6. The molecule has 2 aromatic rings. The van der Waals surface area contributed by atoms with E-state index in [1.54, 1.807) is 24.3 Å². The van der Waals surface area contributed by atoms with E-state index in [1.807, 2.05) is 0 Å². The van der Waals surface area contributed by atoms with Crippen LogP contribution < -0.4 is 15.8 Å². The van der Waals surface area contributed by atoms with Crippen LogP contribution in [0.25, 0.3) is 0 Å². The number of hydrogen-bond acceptors (Lipinski definition) is 5. The van der Waals surface area contributed by atoms with Crippen molar-refractivity contribution in [3.05, 3.63) is 54.0 Å². The van der Waals surface area contributed by atoms with Gasteiger partial charge >= 0.3 is 11.8 Å². The topological polar surface area (TPSA) is 132 Å². The van der Waals surface area contributed by atoms with E-state index in [0.717, 1.165) is 5.56 Å². The highest BCUT2D eigenvalue weighted by atomic mass is 32.2. The highest BCUT2D eigenvalue weighted by Crippen LogP contribution is 2.08. The average Bonchev–Trinajstić information content (AvgIpc) is 3.05. The van der Waals surface area contributed by atoms with Crippen LogP contribution >= 0.6 is 0 Å². The van der Waals surface area contributed by atoms with E-state index in [-0.39, 0.29) is 18.0 Å². The molecule has 4 N–H and O–H groups in total. The third kappa shape index (κ3) is 5.21. The summed E-state index contributed by atoms with van der Waals surface area (Å²) in [7, 11) is -3.72. The Morgan fingerprint density at radius 2 is 1.71 bits per heavy atom. The Bertz CT molecular complexity index is 798. The number of benzene rings is 1. The standard InChI is InChI=1S/C15H17N3O5S/c16-24(21,22)13-5-3-11(4-6-13)7-8-17-14(19)15(20)18-10-12-2-1-9-23-12/h1-6,9H,7-8,10H2,(H,17,19)(H,18,20)(H2,16,21,22). The zero-order valence-corrected chi connectivity index (χ0v) is 13.5. The average molecular weight is 351 g/mol. The Hall–Kier alpha value is -2.65. The van der Waals surface area contributed by atoms with Crippen molar-refractivity contribution >= 4 is 21.8 Å². The summed E-state index contributed by atoms with van der Waals surface area (Å²) in [6.45, 7) is 0.371. The lowest BCUT2D eigenvalue weighted by molar-refractivity contribution is -0.139. The van der Waals surface area contributed by atoms with Gasteiger partial charge in [-0.3, -0.25) is 9.59 Å². The number of carbonyl (C=O) groups excluding carboxylic acids is 2. The number of sulfonamides is 1. The summed E-state index contributed by atoms with van der Waals surface area (Å²) in [6.07, 6.45) is 1.92. The first kappa shape index (κ1) is 17.7. The second kappa shape index (κ2) is 7.75. The molecule has 0 aliphatic heterocycles. The van der Waals surface area contributed by atoms with Gasteiger partial charge in [0.05, 0.1) is 17.7 Å². The Morgan fingerprint density at radius 3 is 2.29 bits per heavy atom. The molecule has 1 aromatic carbocycles. The minimum absolute atomic E-state index is 0.0209. The molecule has 0 saturated carbocycles. The summed E-state index contributed by atoms with van der Waals surface area (Å²) < 4.78 is 27.3. The number of amides is 2. The normalized spacial score (nSPS) is 11.0. The number of primary sulfonamides is 1. The summed E-state index contributed by atoms with van der Waals surface area (Å²) in [5.74, 6) is -0.954. The molecule has 2 amide bonds. The summed E-state index contributed by atoms with van der Waals surface area (Å²) >= 11 is 0. The van der Waals surface area contributed by atoms with Gasteiger partial charge in [0.2, 0.25) is 10.0 Å². The number of carbonyl (C=O) groups is 2. The van der Waals surface area contributed by atoms with Crippen LogP contribution in [0.2, 0.25) is 0 Å². The van der Waals surface area contributed by atoms with Crippen molar-refractivity contribution in [1.29, 1.82) is 0 Å². The number of nitrogens with two attached hydrogens (primary N) is 1. The van der Waals surface area contributed by atoms with E-state index in [9.17, 15) is 18.0 Å². The van der Waals surface area contributed by atoms with E-state index in [4.69, 9.17) is 9.56 Å². The van der Waals surface area contributed by atoms with Crippen molar-refractivity contribution in [3.8, 4) is 0 Å². The Labute approximate surface area is 139 Å². The van der Waals surface area contributed by atoms with E-state index in [1.165, 1.54) is 18.4 Å². The zero-order valence-electron chi connectivity index (χ0n) is 12.7. The third-order valence-corrected chi connectivity index (χ3v) is 4.09. The molecule has 128 valence electrons. The minimum atomic E-state index is -3.72. The fourth-order valence-corrected chi connectivity index (χ4v) is 2.42. The lowest BCUT2D eigenvalue weighted by Crippen LogP contribution is -2.40. The van der Waals surface area contributed by atoms with Gasteiger partial charge < -0.3 is 15.1 Å². The van der Waals surface area contributed by atoms with E-state index in [0.29, 0.717) is 12.2 Å². The number of furan rings is 1. The van der Waals surface area contributed by atoms with Crippen LogP contribution in [0.1, 0.15) is 11.3 Å². The highest BCUT2D eigenvalue weighted by molar-refractivity contribution is 7.89. The van der Waals surface area contributed by atoms with Crippen molar-refractivity contribution in [2.45, 2.75) is 17.9 Å². The van der Waals surface area contributed by atoms with Gasteiger partial charge in [0.1, 0.15) is 5.76 Å². The fraction of sp³-hybridized carbons (Fsp3) is 0.200. The van der Waals surface area contributed by atoms with Crippen LogP contribution in [0, 0.1) is 0 Å². The zero-order chi connectivity index (χ0) is 17.6. The van der Waals surface area contributed by atoms with Gasteiger partial charge in [-0.1, -0.05) is 12.1 Å². The molecule has 0 fully saturated rings. The van der Waals surface area contributed by atoms with Crippen LogP contribution in [0.3, 0.4) is 0 Å². The predicted octanol–water partition coefficient (Wildman–Crippen LogP) is -0.0979. The second-order valence-corrected chi connectivity index (χ2v) is 6.52. The minimum Gasteiger partial charge on any atom is -0.467 e. The molecule has 2 rings (SSSR count). The van der Waals surface area contributed by atoms with Gasteiger partial charge in [0.15, 0.2) is 0 Å². The Kier molecular flexibility index (Phi) is 5.72. The van der Waals surface area contributed by atoms with E-state index in [2.05, 4.69) is 10.6 Å². The molecule has 0 bridgehead atoms. The van der Waals surface area contributed by atoms with Gasteiger partial charge in [-0.15, -0.1) is 0 Å². The Morgan fingerprint density at radius 1 is 1.04 bits per heavy atom. The summed E-state index contributed by atoms with van der Waals surface area (Å²) in [5, 5.41) is 9.92. The molecule has 1 heterocycles. The van der Waals surface area contributed by atoms with Crippen molar-refractivity contribution in [2.24, 2.45) is 5.14 Å². The van der Waals surface area contributed by atoms with Gasteiger partial charge in [0, 0.05) is 6.54 Å². The molecule has 1 aromatic heterocycles. The number of hydrogen-bond donors (Lipinski definition) is 3. The quantitative estimate of drug-likeness (QED) is 0.626. The van der Waals surface area contributed by atoms with Gasteiger partial charge in [-0.25, -0.2) is 13.6 Å². The Balaban J connectivity index is 1.74. The molecule has 24 heavy (non-hydrogen) atoms. The first-order chi connectivity index (χ1) is 11.4. The largest absolute Gasteiger partial charge is 0.467 e. The van der Waals surface area contributed by atoms with Crippen LogP contribution in [0.4, 0.5) is 0 Å². The molecular weight excluding hydrogens is 334 g/mol. The summed E-state index contributed by atoms with van der Waals surface area (Å²) in [5.41, 5.74) is 0.804. The summed E-state index contributed by atoms with van der Waals surface area (Å²) in [4.78, 5) is 23.2. The van der Waals surface area contributed by atoms with Crippen molar-refractivity contribution in [3.63, 3.8) is 0 Å². The first-order valence-corrected chi connectivity index (χ1v) is 8.61. The maximum Gasteiger partial charge on any atom is 0.309 e. The molecule has 9 heteroatoms. The molecular formula is C15H17N3O5S. The number of nitrogens with one attached hydrogen (secondary N) is 2. The highest BCUT2D eigenvalue weighted by Gasteiger charge is 2.13. The van der Waals surface area contributed by atoms with Gasteiger partial charge in [-0.05, 0) is 36.2 Å². The monoisotopic (exact) mass is 351 g/mol. The second-order valence-electron chi connectivity index (χ2n) is 4.96. The lowest BCUT2D eigenvalue weighted by Gasteiger charge is -2.06. The third-order valence-electron chi connectivity index (χ3n) is 3.16. The molecule has 0 saturated heterocycles. The van der Waals surface area contributed by atoms with Crippen LogP contribution in [0.15, 0.2) is 52.0 Å². The lowest BCUT2D eigenvalue weighted by atomic mass is 10.1. The molecule has 0 unspecified atom stereocenters. The van der Waals surface area contributed by atoms with E-state index < -0.39 is 21.8 Å². The predicted molar refractivity (Wildman–Crippen MR) is 85.1 cm³/mol. The van der Waals surface area contributed by atoms with Crippen LogP contribution in [-0.4, -0.2) is 26.8 Å². The van der Waals surface area contributed by atoms with Crippen molar-refractivity contribution in [2.75, 3.05) is 6.54 Å². The molecule has 0 aliphatic rings. The maximum absolute atomic E-state index is 11.6. The van der Waals surface area contributed by atoms with E-state index >= 15 is 0 Å². The SMILES string of the molecule is NS(=O)(=O)c1ccc(CCNC(=O)C(=O)NCc2ccco2)cc1. The van der Waals surface area contributed by atoms with Crippen molar-refractivity contribution in [1.82, 2.24) is 10.6 Å². The molecule has 0 radical (unpaired) electrons. The van der Waals surface area contributed by atoms with Crippen LogP contribution in [0.5, 0.6) is 0 Å². The summed E-state index contributed by atoms with van der Waals surface area (Å²) in [6, 6.07) is 9.35. The molecule has 0 atom stereocenters. The first-order valence-electron chi connectivity index (χ1n) is 7.06.